The summed E-state index contributed by atoms with van der Waals surface area (Å²) in [6, 6.07) is 5.75. The van der Waals surface area contributed by atoms with Gasteiger partial charge in [-0.2, -0.15) is 0 Å². The van der Waals surface area contributed by atoms with Crippen LogP contribution in [-0.4, -0.2) is 21.6 Å². The van der Waals surface area contributed by atoms with Gasteiger partial charge >= 0.3 is 0 Å². The first-order chi connectivity index (χ1) is 9.61. The number of rotatable bonds is 3. The van der Waals surface area contributed by atoms with E-state index in [1.165, 1.54) is 0 Å². The van der Waals surface area contributed by atoms with Crippen molar-refractivity contribution in [2.75, 3.05) is 7.11 Å². The maximum absolute atomic E-state index is 5.61. The number of aryl methyl sites for hydroxylation is 1. The number of nitrogens with zero attached hydrogens (tertiary/aromatic N) is 2. The van der Waals surface area contributed by atoms with Crippen LogP contribution in [0, 0.1) is 11.7 Å². The Morgan fingerprint density at radius 2 is 2.25 bits per heavy atom. The summed E-state index contributed by atoms with van der Waals surface area (Å²) in [5.74, 6) is 2.20. The van der Waals surface area contributed by atoms with E-state index in [1.54, 1.807) is 13.3 Å². The van der Waals surface area contributed by atoms with Gasteiger partial charge in [-0.1, -0.05) is 6.07 Å². The summed E-state index contributed by atoms with van der Waals surface area (Å²) in [5.41, 5.74) is 1.85. The summed E-state index contributed by atoms with van der Waals surface area (Å²) in [6.07, 6.45) is 1.71. The molecule has 1 aromatic carbocycles. The standard InChI is InChI=1S/C14H15N3O2S/c1-8-7-15-13(19-8)9(2)17-10-5-4-6-11(18-3)12(10)16-14(17)20/h4-7,9H,1-3H3,(H,16,20). The number of methoxy groups -OCH3 is 1. The second-order valence-electron chi connectivity index (χ2n) is 4.64. The maximum Gasteiger partial charge on any atom is 0.217 e. The molecule has 0 aliphatic rings. The Bertz CT molecular complexity index is 815. The van der Waals surface area contributed by atoms with Gasteiger partial charge in [0.2, 0.25) is 5.89 Å². The number of para-hydroxylation sites is 1. The molecule has 0 fully saturated rings. The molecule has 3 aromatic rings. The molecule has 2 heterocycles. The van der Waals surface area contributed by atoms with Crippen LogP contribution in [0.2, 0.25) is 0 Å². The average Bonchev–Trinajstić information content (AvgIpc) is 3.00. The van der Waals surface area contributed by atoms with E-state index in [9.17, 15) is 0 Å². The Morgan fingerprint density at radius 3 is 2.90 bits per heavy atom. The van der Waals surface area contributed by atoms with Crippen molar-refractivity contribution in [3.05, 3.63) is 40.8 Å². The SMILES string of the molecule is COc1cccc2c1[nH]c(=S)n2C(C)c1ncc(C)o1. The molecule has 1 N–H and O–H groups in total. The Morgan fingerprint density at radius 1 is 1.45 bits per heavy atom. The predicted molar refractivity (Wildman–Crippen MR) is 78.7 cm³/mol. The van der Waals surface area contributed by atoms with Gasteiger partial charge in [-0.15, -0.1) is 0 Å². The van der Waals surface area contributed by atoms with E-state index in [2.05, 4.69) is 9.97 Å². The van der Waals surface area contributed by atoms with Crippen LogP contribution in [0.25, 0.3) is 11.0 Å². The molecule has 0 bridgehead atoms. The average molecular weight is 289 g/mol. The summed E-state index contributed by atoms with van der Waals surface area (Å²) in [7, 11) is 1.64. The molecule has 0 aliphatic heterocycles. The fourth-order valence-corrected chi connectivity index (χ4v) is 2.71. The lowest BCUT2D eigenvalue weighted by Gasteiger charge is -2.11. The summed E-state index contributed by atoms with van der Waals surface area (Å²) >= 11 is 5.43. The minimum atomic E-state index is -0.0861. The molecule has 20 heavy (non-hydrogen) atoms. The number of aromatic nitrogens is 3. The van der Waals surface area contributed by atoms with Gasteiger partial charge in [0, 0.05) is 0 Å². The number of hydrogen-bond acceptors (Lipinski definition) is 4. The quantitative estimate of drug-likeness (QED) is 0.748. The molecular weight excluding hydrogens is 274 g/mol. The normalized spacial score (nSPS) is 12.8. The van der Waals surface area contributed by atoms with Gasteiger partial charge in [-0.25, -0.2) is 4.98 Å². The van der Waals surface area contributed by atoms with Gasteiger partial charge in [0.25, 0.3) is 0 Å². The molecule has 0 saturated carbocycles. The van der Waals surface area contributed by atoms with Crippen LogP contribution in [0.4, 0.5) is 0 Å². The molecule has 5 nitrogen and oxygen atoms in total. The van der Waals surface area contributed by atoms with Crippen LogP contribution in [-0.2, 0) is 0 Å². The first-order valence-corrected chi connectivity index (χ1v) is 6.72. The van der Waals surface area contributed by atoms with E-state index in [4.69, 9.17) is 21.4 Å². The van der Waals surface area contributed by atoms with Crippen molar-refractivity contribution in [2.45, 2.75) is 19.9 Å². The minimum absolute atomic E-state index is 0.0861. The van der Waals surface area contributed by atoms with Gasteiger partial charge in [0.1, 0.15) is 23.1 Å². The fourth-order valence-electron chi connectivity index (χ4n) is 2.35. The molecule has 0 radical (unpaired) electrons. The van der Waals surface area contributed by atoms with E-state index in [0.717, 1.165) is 22.5 Å². The van der Waals surface area contributed by atoms with Crippen LogP contribution in [0.5, 0.6) is 5.75 Å². The van der Waals surface area contributed by atoms with Crippen LogP contribution < -0.4 is 4.74 Å². The first kappa shape index (κ1) is 12.9. The number of fused-ring (bicyclic) bond motifs is 1. The lowest BCUT2D eigenvalue weighted by atomic mass is 10.2. The molecule has 6 heteroatoms. The number of oxazole rings is 1. The van der Waals surface area contributed by atoms with Gasteiger partial charge in [-0.3, -0.25) is 0 Å². The zero-order chi connectivity index (χ0) is 14.3. The monoisotopic (exact) mass is 289 g/mol. The van der Waals surface area contributed by atoms with Crippen molar-refractivity contribution in [1.29, 1.82) is 0 Å². The third-order valence-corrected chi connectivity index (χ3v) is 3.62. The smallest absolute Gasteiger partial charge is 0.217 e. The second kappa shape index (κ2) is 4.79. The van der Waals surface area contributed by atoms with Crippen molar-refractivity contribution >= 4 is 23.3 Å². The van der Waals surface area contributed by atoms with Crippen molar-refractivity contribution < 1.29 is 9.15 Å². The van der Waals surface area contributed by atoms with Crippen molar-refractivity contribution in [1.82, 2.24) is 14.5 Å². The number of aromatic amines is 1. The molecule has 1 atom stereocenters. The highest BCUT2D eigenvalue weighted by Crippen LogP contribution is 2.29. The summed E-state index contributed by atoms with van der Waals surface area (Å²) in [4.78, 5) is 7.47. The summed E-state index contributed by atoms with van der Waals surface area (Å²) in [6.45, 7) is 3.88. The molecule has 0 spiro atoms. The van der Waals surface area contributed by atoms with Crippen molar-refractivity contribution in [3.8, 4) is 5.75 Å². The van der Waals surface area contributed by atoms with E-state index < -0.39 is 0 Å². The molecule has 0 saturated heterocycles. The predicted octanol–water partition coefficient (Wildman–Crippen LogP) is 3.61. The third kappa shape index (κ3) is 1.92. The lowest BCUT2D eigenvalue weighted by Crippen LogP contribution is -2.07. The second-order valence-corrected chi connectivity index (χ2v) is 5.03. The Labute approximate surface area is 121 Å². The Kier molecular flexibility index (Phi) is 3.10. The zero-order valence-electron chi connectivity index (χ0n) is 11.5. The highest BCUT2D eigenvalue weighted by molar-refractivity contribution is 7.71. The highest BCUT2D eigenvalue weighted by atomic mass is 32.1. The molecule has 2 aromatic heterocycles. The zero-order valence-corrected chi connectivity index (χ0v) is 12.3. The van der Waals surface area contributed by atoms with E-state index in [1.807, 2.05) is 36.6 Å². The number of imidazole rings is 1. The molecule has 104 valence electrons. The lowest BCUT2D eigenvalue weighted by molar-refractivity contribution is 0.416. The molecule has 1 unspecified atom stereocenters. The topological polar surface area (TPSA) is 56.0 Å². The summed E-state index contributed by atoms with van der Waals surface area (Å²) < 4.78 is 13.6. The summed E-state index contributed by atoms with van der Waals surface area (Å²) in [5, 5.41) is 0. The van der Waals surface area contributed by atoms with Gasteiger partial charge < -0.3 is 18.7 Å². The van der Waals surface area contributed by atoms with Crippen LogP contribution in [0.3, 0.4) is 0 Å². The van der Waals surface area contributed by atoms with E-state index >= 15 is 0 Å². The first-order valence-electron chi connectivity index (χ1n) is 6.31. The third-order valence-electron chi connectivity index (χ3n) is 3.32. The number of benzene rings is 1. The van der Waals surface area contributed by atoms with Crippen molar-refractivity contribution in [3.63, 3.8) is 0 Å². The minimum Gasteiger partial charge on any atom is -0.494 e. The molecule has 3 rings (SSSR count). The Balaban J connectivity index is 2.21. The van der Waals surface area contributed by atoms with Gasteiger partial charge in [0.15, 0.2) is 4.77 Å². The van der Waals surface area contributed by atoms with Crippen LogP contribution in [0.15, 0.2) is 28.8 Å². The maximum atomic E-state index is 5.61. The van der Waals surface area contributed by atoms with Crippen molar-refractivity contribution in [2.24, 2.45) is 0 Å². The fraction of sp³-hybridized carbons (Fsp3) is 0.286. The number of nitrogens with one attached hydrogen (secondary N) is 1. The van der Waals surface area contributed by atoms with Crippen LogP contribution >= 0.6 is 12.2 Å². The largest absolute Gasteiger partial charge is 0.494 e. The van der Waals surface area contributed by atoms with Gasteiger partial charge in [0.05, 0.1) is 18.8 Å². The van der Waals surface area contributed by atoms with E-state index in [-0.39, 0.29) is 6.04 Å². The number of hydrogen-bond donors (Lipinski definition) is 1. The number of ether oxygens (including phenoxy) is 1. The van der Waals surface area contributed by atoms with Gasteiger partial charge in [-0.05, 0) is 38.2 Å². The molecular formula is C14H15N3O2S. The van der Waals surface area contributed by atoms with Crippen LogP contribution in [0.1, 0.15) is 24.6 Å². The van der Waals surface area contributed by atoms with E-state index in [0.29, 0.717) is 10.7 Å². The number of H-pyrrole nitrogens is 1. The Hall–Kier alpha value is -2.08. The highest BCUT2D eigenvalue weighted by Gasteiger charge is 2.18. The molecule has 0 aliphatic carbocycles. The molecule has 0 amide bonds.